The first-order valence-electron chi connectivity index (χ1n) is 9.32. The number of hydrogen-bond acceptors (Lipinski definition) is 7. The molecular weight excluding hydrogens is 426 g/mol. The second-order valence-electron chi connectivity index (χ2n) is 6.73. The molecule has 30 heavy (non-hydrogen) atoms. The van der Waals surface area contributed by atoms with E-state index >= 15 is 0 Å². The van der Waals surface area contributed by atoms with Crippen LogP contribution in [-0.4, -0.2) is 42.1 Å². The zero-order chi connectivity index (χ0) is 21.7. The van der Waals surface area contributed by atoms with E-state index in [9.17, 15) is 9.59 Å². The number of amides is 1. The average molecular weight is 448 g/mol. The molecule has 1 N–H and O–H groups in total. The third kappa shape index (κ3) is 5.47. The van der Waals surface area contributed by atoms with Crippen molar-refractivity contribution in [3.63, 3.8) is 0 Å². The number of nitrogens with one attached hydrogen (secondary N) is 1. The van der Waals surface area contributed by atoms with Crippen molar-refractivity contribution >= 4 is 39.8 Å². The van der Waals surface area contributed by atoms with Crippen LogP contribution in [0.1, 0.15) is 28.7 Å². The van der Waals surface area contributed by atoms with Crippen LogP contribution < -0.4 is 5.32 Å². The molecule has 1 amide bonds. The van der Waals surface area contributed by atoms with Gasteiger partial charge in [-0.25, -0.2) is 4.79 Å². The van der Waals surface area contributed by atoms with Gasteiger partial charge < -0.3 is 14.6 Å². The van der Waals surface area contributed by atoms with Crippen LogP contribution in [0, 0.1) is 6.92 Å². The molecule has 0 bridgehead atoms. The number of esters is 1. The monoisotopic (exact) mass is 447 g/mol. The van der Waals surface area contributed by atoms with Crippen molar-refractivity contribution in [1.82, 2.24) is 10.1 Å². The Morgan fingerprint density at radius 1 is 1.30 bits per heavy atom. The van der Waals surface area contributed by atoms with Crippen molar-refractivity contribution in [1.29, 1.82) is 0 Å². The number of hydrogen-bond donors (Lipinski definition) is 1. The van der Waals surface area contributed by atoms with Gasteiger partial charge in [-0.1, -0.05) is 28.9 Å². The van der Waals surface area contributed by atoms with E-state index in [0.717, 1.165) is 17.0 Å². The normalized spacial score (nSPS) is 11.0. The van der Waals surface area contributed by atoms with Gasteiger partial charge in [0.1, 0.15) is 16.3 Å². The Morgan fingerprint density at radius 3 is 2.67 bits per heavy atom. The quantitative estimate of drug-likeness (QED) is 0.507. The highest BCUT2D eigenvalue weighted by Crippen LogP contribution is 2.36. The molecule has 0 aliphatic heterocycles. The zero-order valence-electron chi connectivity index (χ0n) is 16.9. The maximum absolute atomic E-state index is 12.6. The molecule has 3 rings (SSSR count). The Labute approximate surface area is 183 Å². The molecule has 0 spiro atoms. The highest BCUT2D eigenvalue weighted by Gasteiger charge is 2.23. The molecule has 0 radical (unpaired) electrons. The summed E-state index contributed by atoms with van der Waals surface area (Å²) in [6.07, 6.45) is 0. The number of halogens is 1. The number of rotatable bonds is 8. The van der Waals surface area contributed by atoms with Crippen LogP contribution in [0.15, 0.2) is 40.2 Å². The molecule has 7 nitrogen and oxygen atoms in total. The fourth-order valence-corrected chi connectivity index (χ4v) is 4.03. The second-order valence-corrected chi connectivity index (χ2v) is 8.05. The smallest absolute Gasteiger partial charge is 0.341 e. The lowest BCUT2D eigenvalue weighted by atomic mass is 10.0. The standard InChI is InChI=1S/C21H22ClN3O4S/c1-4-28-21(27)19-17(14-5-7-15(22)8-6-14)12-30-20(19)23-18(26)11-25(3)10-16-9-13(2)29-24-16/h5-9,12H,4,10-11H2,1-3H3,(H,23,26). The first kappa shape index (κ1) is 22.0. The van der Waals surface area contributed by atoms with Crippen molar-refractivity contribution in [2.24, 2.45) is 0 Å². The molecule has 0 saturated carbocycles. The molecule has 0 fully saturated rings. The largest absolute Gasteiger partial charge is 0.462 e. The number of carbonyl (C=O) groups is 2. The Kier molecular flexibility index (Phi) is 7.25. The van der Waals surface area contributed by atoms with E-state index in [1.165, 1.54) is 11.3 Å². The first-order chi connectivity index (χ1) is 14.4. The van der Waals surface area contributed by atoms with Crippen LogP contribution in [0.3, 0.4) is 0 Å². The SMILES string of the molecule is CCOC(=O)c1c(-c2ccc(Cl)cc2)csc1NC(=O)CN(C)Cc1cc(C)on1. The third-order valence-electron chi connectivity index (χ3n) is 4.20. The molecule has 0 atom stereocenters. The van der Waals surface area contributed by atoms with Gasteiger partial charge in [-0.2, -0.15) is 0 Å². The highest BCUT2D eigenvalue weighted by molar-refractivity contribution is 7.15. The number of aromatic nitrogens is 1. The Hall–Kier alpha value is -2.68. The summed E-state index contributed by atoms with van der Waals surface area (Å²) in [5, 5.41) is 9.65. The topological polar surface area (TPSA) is 84.7 Å². The highest BCUT2D eigenvalue weighted by atomic mass is 35.5. The molecule has 0 aliphatic rings. The predicted octanol–water partition coefficient (Wildman–Crippen LogP) is 4.61. The third-order valence-corrected chi connectivity index (χ3v) is 5.35. The minimum atomic E-state index is -0.481. The molecule has 1 aromatic carbocycles. The van der Waals surface area contributed by atoms with Gasteiger partial charge in [-0.3, -0.25) is 9.69 Å². The average Bonchev–Trinajstić information content (AvgIpc) is 3.28. The van der Waals surface area contributed by atoms with Crippen LogP contribution in [0.2, 0.25) is 5.02 Å². The van der Waals surface area contributed by atoms with E-state index in [1.54, 1.807) is 19.1 Å². The van der Waals surface area contributed by atoms with E-state index in [0.29, 0.717) is 27.7 Å². The molecule has 2 aromatic heterocycles. The molecule has 2 heterocycles. The lowest BCUT2D eigenvalue weighted by Gasteiger charge is -2.15. The minimum absolute atomic E-state index is 0.127. The van der Waals surface area contributed by atoms with Crippen LogP contribution in [0.25, 0.3) is 11.1 Å². The summed E-state index contributed by atoms with van der Waals surface area (Å²) in [6, 6.07) is 8.98. The minimum Gasteiger partial charge on any atom is -0.462 e. The maximum atomic E-state index is 12.6. The van der Waals surface area contributed by atoms with Gasteiger partial charge in [0, 0.05) is 28.6 Å². The summed E-state index contributed by atoms with van der Waals surface area (Å²) >= 11 is 7.25. The van der Waals surface area contributed by atoms with Crippen LogP contribution in [0.4, 0.5) is 5.00 Å². The summed E-state index contributed by atoms with van der Waals surface area (Å²) in [5.41, 5.74) is 2.60. The first-order valence-corrected chi connectivity index (χ1v) is 10.6. The van der Waals surface area contributed by atoms with Gasteiger partial charge in [-0.05, 0) is 38.6 Å². The van der Waals surface area contributed by atoms with Gasteiger partial charge in [0.05, 0.1) is 18.8 Å². The lowest BCUT2D eigenvalue weighted by molar-refractivity contribution is -0.117. The number of nitrogens with zero attached hydrogens (tertiary/aromatic N) is 2. The number of anilines is 1. The van der Waals surface area contributed by atoms with Crippen molar-refractivity contribution in [3.8, 4) is 11.1 Å². The fraction of sp³-hybridized carbons (Fsp3) is 0.286. The summed E-state index contributed by atoms with van der Waals surface area (Å²) < 4.78 is 10.3. The number of carbonyl (C=O) groups excluding carboxylic acids is 2. The van der Waals surface area contributed by atoms with Crippen molar-refractivity contribution in [3.05, 3.63) is 57.8 Å². The van der Waals surface area contributed by atoms with Crippen LogP contribution in [0.5, 0.6) is 0 Å². The van der Waals surface area contributed by atoms with Crippen LogP contribution in [-0.2, 0) is 16.1 Å². The van der Waals surface area contributed by atoms with Crippen molar-refractivity contribution < 1.29 is 18.8 Å². The number of aryl methyl sites for hydroxylation is 1. The molecule has 0 unspecified atom stereocenters. The number of ether oxygens (including phenoxy) is 1. The van der Waals surface area contributed by atoms with Gasteiger partial charge >= 0.3 is 5.97 Å². The molecule has 0 aliphatic carbocycles. The summed E-state index contributed by atoms with van der Waals surface area (Å²) in [7, 11) is 1.81. The molecule has 158 valence electrons. The molecule has 3 aromatic rings. The van der Waals surface area contributed by atoms with E-state index in [2.05, 4.69) is 10.5 Å². The van der Waals surface area contributed by atoms with E-state index in [-0.39, 0.29) is 19.1 Å². The van der Waals surface area contributed by atoms with E-state index in [4.69, 9.17) is 20.9 Å². The summed E-state index contributed by atoms with van der Waals surface area (Å²) in [4.78, 5) is 27.0. The van der Waals surface area contributed by atoms with Gasteiger partial charge in [0.2, 0.25) is 5.91 Å². The molecule has 0 saturated heterocycles. The molecule has 9 heteroatoms. The Balaban J connectivity index is 1.76. The van der Waals surface area contributed by atoms with Crippen molar-refractivity contribution in [2.45, 2.75) is 20.4 Å². The van der Waals surface area contributed by atoms with E-state index in [1.807, 2.05) is 42.5 Å². The Morgan fingerprint density at radius 2 is 2.03 bits per heavy atom. The summed E-state index contributed by atoms with van der Waals surface area (Å²) in [6.45, 7) is 4.39. The van der Waals surface area contributed by atoms with Crippen LogP contribution >= 0.6 is 22.9 Å². The van der Waals surface area contributed by atoms with Gasteiger partial charge in [0.25, 0.3) is 0 Å². The summed E-state index contributed by atoms with van der Waals surface area (Å²) in [5.74, 6) is -0.00607. The predicted molar refractivity (Wildman–Crippen MR) is 117 cm³/mol. The number of thiophene rings is 1. The molecular formula is C21H22ClN3O4S. The number of likely N-dealkylation sites (N-methyl/N-ethyl adjacent to an activating group) is 1. The fourth-order valence-electron chi connectivity index (χ4n) is 2.93. The maximum Gasteiger partial charge on any atom is 0.341 e. The Bertz CT molecular complexity index is 1030. The lowest BCUT2D eigenvalue weighted by Crippen LogP contribution is -2.30. The van der Waals surface area contributed by atoms with Crippen molar-refractivity contribution in [2.75, 3.05) is 25.5 Å². The van der Waals surface area contributed by atoms with Gasteiger partial charge in [-0.15, -0.1) is 11.3 Å². The van der Waals surface area contributed by atoms with Gasteiger partial charge in [0.15, 0.2) is 0 Å². The second kappa shape index (κ2) is 9.88. The van der Waals surface area contributed by atoms with E-state index < -0.39 is 5.97 Å². The number of benzene rings is 1. The zero-order valence-corrected chi connectivity index (χ0v) is 18.5.